The molecule has 0 saturated carbocycles. The SMILES string of the molecule is C/C(Cn1cnc([N+](=O)[O-])n1)=N/NC(=O)Cn1nc([N+](=O)[O-])cc1C. The molecule has 2 heterocycles. The average Bonchev–Trinajstić information content (AvgIpc) is 3.13. The minimum Gasteiger partial charge on any atom is -0.390 e. The smallest absolute Gasteiger partial charge is 0.390 e. The van der Waals surface area contributed by atoms with Crippen molar-refractivity contribution in [2.75, 3.05) is 0 Å². The van der Waals surface area contributed by atoms with Crippen LogP contribution >= 0.6 is 0 Å². The monoisotopic (exact) mass is 351 g/mol. The Balaban J connectivity index is 1.92. The second-order valence-electron chi connectivity index (χ2n) is 4.94. The maximum atomic E-state index is 11.8. The van der Waals surface area contributed by atoms with Crippen LogP contribution in [0.25, 0.3) is 0 Å². The van der Waals surface area contributed by atoms with Crippen LogP contribution in [0.15, 0.2) is 17.5 Å². The van der Waals surface area contributed by atoms with Crippen molar-refractivity contribution in [2.24, 2.45) is 5.10 Å². The summed E-state index contributed by atoms with van der Waals surface area (Å²) in [4.78, 5) is 35.1. The lowest BCUT2D eigenvalue weighted by atomic mass is 10.4. The van der Waals surface area contributed by atoms with E-state index in [1.807, 2.05) is 0 Å². The second kappa shape index (κ2) is 7.24. The molecule has 0 radical (unpaired) electrons. The highest BCUT2D eigenvalue weighted by Crippen LogP contribution is 2.10. The standard InChI is InChI=1S/C11H13N9O5/c1-7(4-17-6-12-11(16-17)20(24)25)13-14-10(21)5-18-8(2)3-9(15-18)19(22)23/h3,6H,4-5H2,1-2H3,(H,14,21)/b13-7-. The molecule has 14 nitrogen and oxygen atoms in total. The van der Waals surface area contributed by atoms with E-state index in [1.165, 1.54) is 21.8 Å². The number of carbonyl (C=O) groups is 1. The summed E-state index contributed by atoms with van der Waals surface area (Å²) in [5.74, 6) is -1.42. The Morgan fingerprint density at radius 1 is 1.28 bits per heavy atom. The van der Waals surface area contributed by atoms with Gasteiger partial charge in [0.2, 0.25) is 6.33 Å². The minimum atomic E-state index is -0.726. The first-order chi connectivity index (χ1) is 11.8. The Kier molecular flexibility index (Phi) is 5.11. The van der Waals surface area contributed by atoms with Gasteiger partial charge < -0.3 is 20.2 Å². The van der Waals surface area contributed by atoms with E-state index < -0.39 is 21.7 Å². The summed E-state index contributed by atoms with van der Waals surface area (Å²) in [5, 5.41) is 32.2. The van der Waals surface area contributed by atoms with E-state index in [1.54, 1.807) is 13.8 Å². The lowest BCUT2D eigenvalue weighted by Crippen LogP contribution is -2.26. The number of aryl methyl sites for hydroxylation is 1. The Morgan fingerprint density at radius 2 is 2.00 bits per heavy atom. The van der Waals surface area contributed by atoms with E-state index in [9.17, 15) is 25.0 Å². The third-order valence-corrected chi connectivity index (χ3v) is 2.90. The van der Waals surface area contributed by atoms with Gasteiger partial charge in [0, 0.05) is 5.10 Å². The molecule has 0 aromatic carbocycles. The van der Waals surface area contributed by atoms with Gasteiger partial charge in [0.1, 0.15) is 6.54 Å². The van der Waals surface area contributed by atoms with Gasteiger partial charge in [0.15, 0.2) is 0 Å². The molecule has 1 N–H and O–H groups in total. The highest BCUT2D eigenvalue weighted by molar-refractivity contribution is 5.84. The van der Waals surface area contributed by atoms with E-state index in [0.717, 1.165) is 0 Å². The molecule has 132 valence electrons. The number of nitrogens with zero attached hydrogens (tertiary/aromatic N) is 8. The van der Waals surface area contributed by atoms with Crippen LogP contribution in [0.3, 0.4) is 0 Å². The molecule has 0 aliphatic rings. The molecule has 0 aliphatic heterocycles. The van der Waals surface area contributed by atoms with Gasteiger partial charge in [0.05, 0.1) is 29.1 Å². The van der Waals surface area contributed by atoms with Gasteiger partial charge in [-0.05, 0) is 23.7 Å². The van der Waals surface area contributed by atoms with Crippen molar-refractivity contribution >= 4 is 23.4 Å². The third-order valence-electron chi connectivity index (χ3n) is 2.90. The predicted molar refractivity (Wildman–Crippen MR) is 81.5 cm³/mol. The van der Waals surface area contributed by atoms with Gasteiger partial charge in [-0.3, -0.25) is 4.79 Å². The Hall–Kier alpha value is -3.71. The lowest BCUT2D eigenvalue weighted by Gasteiger charge is -2.01. The molecule has 14 heteroatoms. The van der Waals surface area contributed by atoms with Gasteiger partial charge in [-0.15, -0.1) is 0 Å². The molecule has 0 fully saturated rings. The zero-order valence-electron chi connectivity index (χ0n) is 13.2. The molecule has 0 atom stereocenters. The minimum absolute atomic E-state index is 0.0907. The quantitative estimate of drug-likeness (QED) is 0.404. The number of nitrogens with one attached hydrogen (secondary N) is 1. The summed E-state index contributed by atoms with van der Waals surface area (Å²) in [6.07, 6.45) is 1.17. The van der Waals surface area contributed by atoms with Crippen molar-refractivity contribution in [3.8, 4) is 0 Å². The van der Waals surface area contributed by atoms with E-state index in [-0.39, 0.29) is 18.9 Å². The number of amides is 1. The van der Waals surface area contributed by atoms with Gasteiger partial charge in [0.25, 0.3) is 5.91 Å². The maximum absolute atomic E-state index is 11.8. The Morgan fingerprint density at radius 3 is 2.56 bits per heavy atom. The predicted octanol–water partition coefficient (Wildman–Crippen LogP) is -0.208. The molecule has 25 heavy (non-hydrogen) atoms. The van der Waals surface area contributed by atoms with E-state index >= 15 is 0 Å². The number of rotatable bonds is 7. The molecule has 0 saturated heterocycles. The van der Waals surface area contributed by atoms with Crippen LogP contribution in [0.1, 0.15) is 12.6 Å². The van der Waals surface area contributed by atoms with Crippen LogP contribution in [-0.4, -0.2) is 46.0 Å². The average molecular weight is 351 g/mol. The molecule has 2 aromatic heterocycles. The molecule has 0 unspecified atom stereocenters. The number of aromatic nitrogens is 5. The molecular formula is C11H13N9O5. The van der Waals surface area contributed by atoms with Crippen molar-refractivity contribution in [3.05, 3.63) is 38.3 Å². The highest BCUT2D eigenvalue weighted by atomic mass is 16.6. The van der Waals surface area contributed by atoms with Crippen LogP contribution in [0.5, 0.6) is 0 Å². The largest absolute Gasteiger partial charge is 0.490 e. The summed E-state index contributed by atoms with van der Waals surface area (Å²) < 4.78 is 2.38. The second-order valence-corrected chi connectivity index (χ2v) is 4.94. The topological polar surface area (TPSA) is 176 Å². The highest BCUT2D eigenvalue weighted by Gasteiger charge is 2.17. The normalized spacial score (nSPS) is 11.4. The summed E-state index contributed by atoms with van der Waals surface area (Å²) in [6.45, 7) is 3.01. The number of hydrogen-bond acceptors (Lipinski definition) is 9. The number of carbonyl (C=O) groups excluding carboxylic acids is 1. The van der Waals surface area contributed by atoms with Crippen molar-refractivity contribution < 1.29 is 14.6 Å². The molecule has 0 bridgehead atoms. The number of hydrogen-bond donors (Lipinski definition) is 1. The Bertz CT molecular complexity index is 852. The zero-order valence-corrected chi connectivity index (χ0v) is 13.2. The first-order valence-electron chi connectivity index (χ1n) is 6.81. The fraction of sp³-hybridized carbons (Fsp3) is 0.364. The summed E-state index contributed by atoms with van der Waals surface area (Å²) in [7, 11) is 0. The van der Waals surface area contributed by atoms with Crippen LogP contribution in [0.4, 0.5) is 11.8 Å². The van der Waals surface area contributed by atoms with Crippen LogP contribution < -0.4 is 5.43 Å². The molecule has 0 spiro atoms. The molecule has 2 rings (SSSR count). The third kappa shape index (κ3) is 4.63. The molecule has 1 amide bonds. The molecular weight excluding hydrogens is 338 g/mol. The van der Waals surface area contributed by atoms with Crippen LogP contribution in [0, 0.1) is 27.2 Å². The van der Waals surface area contributed by atoms with Crippen molar-refractivity contribution in [2.45, 2.75) is 26.9 Å². The van der Waals surface area contributed by atoms with Crippen molar-refractivity contribution in [3.63, 3.8) is 0 Å². The van der Waals surface area contributed by atoms with Gasteiger partial charge in [-0.1, -0.05) is 4.98 Å². The number of nitro groups is 2. The van der Waals surface area contributed by atoms with Crippen molar-refractivity contribution in [1.29, 1.82) is 0 Å². The van der Waals surface area contributed by atoms with E-state index in [2.05, 4.69) is 25.7 Å². The maximum Gasteiger partial charge on any atom is 0.490 e. The summed E-state index contributed by atoms with van der Waals surface area (Å²) in [6, 6.07) is 1.25. The fourth-order valence-corrected chi connectivity index (χ4v) is 1.79. The number of hydrazone groups is 1. The van der Waals surface area contributed by atoms with Crippen molar-refractivity contribution in [1.82, 2.24) is 30.0 Å². The fourth-order valence-electron chi connectivity index (χ4n) is 1.79. The van der Waals surface area contributed by atoms with Gasteiger partial charge in [-0.25, -0.2) is 5.43 Å². The molecule has 2 aromatic rings. The van der Waals surface area contributed by atoms with Gasteiger partial charge >= 0.3 is 11.8 Å². The first kappa shape index (κ1) is 17.6. The summed E-state index contributed by atoms with van der Waals surface area (Å²) in [5.41, 5.74) is 3.14. The van der Waals surface area contributed by atoms with Gasteiger partial charge in [-0.2, -0.15) is 14.5 Å². The first-order valence-corrected chi connectivity index (χ1v) is 6.81. The van der Waals surface area contributed by atoms with Crippen LogP contribution in [-0.2, 0) is 17.9 Å². The van der Waals surface area contributed by atoms with Crippen LogP contribution in [0.2, 0.25) is 0 Å². The lowest BCUT2D eigenvalue weighted by molar-refractivity contribution is -0.394. The Labute approximate surface area is 139 Å². The molecule has 0 aliphatic carbocycles. The van der Waals surface area contributed by atoms with E-state index in [0.29, 0.717) is 11.4 Å². The zero-order chi connectivity index (χ0) is 18.6. The summed E-state index contributed by atoms with van der Waals surface area (Å²) >= 11 is 0. The van der Waals surface area contributed by atoms with E-state index in [4.69, 9.17) is 0 Å².